The number of anilines is 1. The first-order valence-corrected chi connectivity index (χ1v) is 8.28. The maximum atomic E-state index is 12.0. The largest absolute Gasteiger partial charge is 0.382 e. The Kier molecular flexibility index (Phi) is 5.32. The van der Waals surface area contributed by atoms with Crippen LogP contribution in [0, 0.1) is 22.7 Å². The molecule has 7 heteroatoms. The van der Waals surface area contributed by atoms with Crippen molar-refractivity contribution in [2.45, 2.75) is 4.90 Å². The number of nitrogens with zero attached hydrogens (tertiary/aromatic N) is 2. The highest BCUT2D eigenvalue weighted by Gasteiger charge is 2.12. The van der Waals surface area contributed by atoms with Crippen LogP contribution in [0.3, 0.4) is 0 Å². The normalized spacial score (nSPS) is 10.5. The first-order chi connectivity index (χ1) is 11.1. The molecule has 0 aliphatic carbocycles. The molecule has 0 atom stereocenters. The summed E-state index contributed by atoms with van der Waals surface area (Å²) < 4.78 is 26.6. The van der Waals surface area contributed by atoms with Crippen molar-refractivity contribution in [1.29, 1.82) is 10.5 Å². The van der Waals surface area contributed by atoms with Gasteiger partial charge in [0.05, 0.1) is 21.7 Å². The van der Waals surface area contributed by atoms with Gasteiger partial charge in [-0.3, -0.25) is 0 Å². The molecule has 0 amide bonds. The van der Waals surface area contributed by atoms with Gasteiger partial charge in [-0.05, 0) is 24.3 Å². The fourth-order valence-corrected chi connectivity index (χ4v) is 3.04. The van der Waals surface area contributed by atoms with E-state index in [1.54, 1.807) is 36.4 Å². The molecule has 2 N–H and O–H groups in total. The third-order valence-corrected chi connectivity index (χ3v) is 4.55. The Hall–Kier alpha value is -2.87. The van der Waals surface area contributed by atoms with Gasteiger partial charge in [-0.1, -0.05) is 24.3 Å². The molecule has 0 saturated carbocycles. The molecule has 0 unspecified atom stereocenters. The van der Waals surface area contributed by atoms with Crippen molar-refractivity contribution in [3.8, 4) is 12.1 Å². The number of nitriles is 2. The summed E-state index contributed by atoms with van der Waals surface area (Å²) in [5.74, 6) is 0. The first-order valence-electron chi connectivity index (χ1n) is 6.80. The van der Waals surface area contributed by atoms with E-state index in [2.05, 4.69) is 10.0 Å². The standard InChI is InChI=1S/C16H14N4O2S/c17-11-13-5-4-6-14(12-18)16(13)19-9-10-20-23(21,22)15-7-2-1-3-8-15/h1-8,19-20H,9-10H2. The third-order valence-electron chi connectivity index (χ3n) is 3.08. The zero-order valence-electron chi connectivity index (χ0n) is 12.2. The molecule has 0 bridgehead atoms. The van der Waals surface area contributed by atoms with Crippen molar-refractivity contribution in [2.24, 2.45) is 0 Å². The van der Waals surface area contributed by atoms with E-state index in [1.165, 1.54) is 12.1 Å². The quantitative estimate of drug-likeness (QED) is 0.788. The molecule has 0 aliphatic rings. The van der Waals surface area contributed by atoms with Crippen LogP contribution in [0.15, 0.2) is 53.4 Å². The second-order valence-electron chi connectivity index (χ2n) is 4.59. The Morgan fingerprint density at radius 2 is 1.48 bits per heavy atom. The summed E-state index contributed by atoms with van der Waals surface area (Å²) in [5.41, 5.74) is 1.10. The summed E-state index contributed by atoms with van der Waals surface area (Å²) in [6.07, 6.45) is 0. The van der Waals surface area contributed by atoms with Crippen LogP contribution in [0.5, 0.6) is 0 Å². The number of rotatable bonds is 6. The third kappa shape index (κ3) is 4.07. The van der Waals surface area contributed by atoms with E-state index in [9.17, 15) is 8.42 Å². The summed E-state index contributed by atoms with van der Waals surface area (Å²) >= 11 is 0. The fourth-order valence-electron chi connectivity index (χ4n) is 1.98. The van der Waals surface area contributed by atoms with Gasteiger partial charge in [0.2, 0.25) is 10.0 Å². The Bertz CT molecular complexity index is 833. The molecule has 23 heavy (non-hydrogen) atoms. The lowest BCUT2D eigenvalue weighted by Gasteiger charge is -2.11. The van der Waals surface area contributed by atoms with Crippen molar-refractivity contribution >= 4 is 15.7 Å². The molecule has 0 aliphatic heterocycles. The van der Waals surface area contributed by atoms with Crippen molar-refractivity contribution in [1.82, 2.24) is 4.72 Å². The molecule has 0 saturated heterocycles. The van der Waals surface area contributed by atoms with Crippen LogP contribution in [0.4, 0.5) is 5.69 Å². The van der Waals surface area contributed by atoms with Crippen molar-refractivity contribution in [2.75, 3.05) is 18.4 Å². The van der Waals surface area contributed by atoms with E-state index < -0.39 is 10.0 Å². The first kappa shape index (κ1) is 16.5. The molecule has 0 spiro atoms. The van der Waals surface area contributed by atoms with Crippen LogP contribution >= 0.6 is 0 Å². The number of benzene rings is 2. The number of hydrogen-bond donors (Lipinski definition) is 2. The van der Waals surface area contributed by atoms with Gasteiger partial charge >= 0.3 is 0 Å². The smallest absolute Gasteiger partial charge is 0.240 e. The number of para-hydroxylation sites is 1. The van der Waals surface area contributed by atoms with Crippen molar-refractivity contribution < 1.29 is 8.42 Å². The average Bonchev–Trinajstić information content (AvgIpc) is 2.59. The Morgan fingerprint density at radius 3 is 2.04 bits per heavy atom. The Balaban J connectivity index is 2.00. The van der Waals surface area contributed by atoms with Crippen LogP contribution in [-0.4, -0.2) is 21.5 Å². The number of sulfonamides is 1. The lowest BCUT2D eigenvalue weighted by Crippen LogP contribution is -2.29. The molecule has 116 valence electrons. The molecule has 2 rings (SSSR count). The average molecular weight is 326 g/mol. The molecule has 0 aromatic heterocycles. The molecule has 0 heterocycles. The highest BCUT2D eigenvalue weighted by Crippen LogP contribution is 2.19. The highest BCUT2D eigenvalue weighted by molar-refractivity contribution is 7.89. The maximum absolute atomic E-state index is 12.0. The molecule has 2 aromatic rings. The number of nitrogens with one attached hydrogen (secondary N) is 2. The van der Waals surface area contributed by atoms with Crippen molar-refractivity contribution in [3.63, 3.8) is 0 Å². The minimum atomic E-state index is -3.57. The Morgan fingerprint density at radius 1 is 0.870 bits per heavy atom. The highest BCUT2D eigenvalue weighted by atomic mass is 32.2. The molecule has 0 radical (unpaired) electrons. The van der Waals surface area contributed by atoms with Crippen LogP contribution in [0.2, 0.25) is 0 Å². The van der Waals surface area contributed by atoms with Crippen LogP contribution in [0.25, 0.3) is 0 Å². The van der Waals surface area contributed by atoms with E-state index in [-0.39, 0.29) is 18.0 Å². The molecule has 6 nitrogen and oxygen atoms in total. The summed E-state index contributed by atoms with van der Waals surface area (Å²) in [6.45, 7) is 0.376. The SMILES string of the molecule is N#Cc1cccc(C#N)c1NCCNS(=O)(=O)c1ccccc1. The second kappa shape index (κ2) is 7.41. The summed E-state index contributed by atoms with van der Waals surface area (Å²) in [4.78, 5) is 0.190. The van der Waals surface area contributed by atoms with E-state index >= 15 is 0 Å². The zero-order valence-corrected chi connectivity index (χ0v) is 13.0. The molecule has 0 fully saturated rings. The monoisotopic (exact) mass is 326 g/mol. The van der Waals surface area contributed by atoms with Gasteiger partial charge in [0, 0.05) is 13.1 Å². The molecular weight excluding hydrogens is 312 g/mol. The van der Waals surface area contributed by atoms with E-state index in [1.807, 2.05) is 12.1 Å². The van der Waals surface area contributed by atoms with E-state index in [0.717, 1.165) is 0 Å². The van der Waals surface area contributed by atoms with Crippen LogP contribution in [-0.2, 0) is 10.0 Å². The van der Waals surface area contributed by atoms with Gasteiger partial charge in [0.1, 0.15) is 12.1 Å². The maximum Gasteiger partial charge on any atom is 0.240 e. The summed E-state index contributed by atoms with van der Waals surface area (Å²) in [7, 11) is -3.57. The summed E-state index contributed by atoms with van der Waals surface area (Å²) in [6, 6.07) is 16.9. The second-order valence-corrected chi connectivity index (χ2v) is 6.36. The van der Waals surface area contributed by atoms with Crippen molar-refractivity contribution in [3.05, 3.63) is 59.7 Å². The van der Waals surface area contributed by atoms with Gasteiger partial charge in [-0.25, -0.2) is 13.1 Å². The van der Waals surface area contributed by atoms with E-state index in [4.69, 9.17) is 10.5 Å². The molecular formula is C16H14N4O2S. The molecule has 2 aromatic carbocycles. The number of hydrogen-bond acceptors (Lipinski definition) is 5. The van der Waals surface area contributed by atoms with E-state index in [0.29, 0.717) is 16.8 Å². The Labute approximate surface area is 135 Å². The van der Waals surface area contributed by atoms with Gasteiger partial charge < -0.3 is 5.32 Å². The lowest BCUT2D eigenvalue weighted by atomic mass is 10.1. The minimum Gasteiger partial charge on any atom is -0.382 e. The predicted octanol–water partition coefficient (Wildman–Crippen LogP) is 1.82. The zero-order chi connectivity index (χ0) is 16.7. The van der Waals surface area contributed by atoms with Gasteiger partial charge in [0.25, 0.3) is 0 Å². The predicted molar refractivity (Wildman–Crippen MR) is 86.0 cm³/mol. The fraction of sp³-hybridized carbons (Fsp3) is 0.125. The van der Waals surface area contributed by atoms with Crippen LogP contribution in [0.1, 0.15) is 11.1 Å². The van der Waals surface area contributed by atoms with Crippen LogP contribution < -0.4 is 10.0 Å². The topological polar surface area (TPSA) is 106 Å². The van der Waals surface area contributed by atoms with Gasteiger partial charge in [0.15, 0.2) is 0 Å². The van der Waals surface area contributed by atoms with Gasteiger partial charge in [-0.2, -0.15) is 10.5 Å². The minimum absolute atomic E-state index is 0.127. The summed E-state index contributed by atoms with van der Waals surface area (Å²) in [5, 5.41) is 21.1. The van der Waals surface area contributed by atoms with Gasteiger partial charge in [-0.15, -0.1) is 0 Å². The lowest BCUT2D eigenvalue weighted by molar-refractivity contribution is 0.583.